The normalized spacial score (nSPS) is 22.7. The van der Waals surface area contributed by atoms with Gasteiger partial charge >= 0.3 is 5.69 Å². The van der Waals surface area contributed by atoms with Crippen molar-refractivity contribution >= 4 is 12.0 Å². The summed E-state index contributed by atoms with van der Waals surface area (Å²) >= 11 is 0. The van der Waals surface area contributed by atoms with Crippen LogP contribution < -0.4 is 4.74 Å². The van der Waals surface area contributed by atoms with Crippen molar-refractivity contribution in [3.05, 3.63) is 33.9 Å². The van der Waals surface area contributed by atoms with Crippen molar-refractivity contribution in [3.63, 3.8) is 0 Å². The molecule has 0 bridgehead atoms. The largest absolute Gasteiger partial charge is 0.481 e. The fraction of sp³-hybridized carbons (Fsp3) is 0.417. The highest BCUT2D eigenvalue weighted by molar-refractivity contribution is 5.77. The number of aldehydes is 1. The average Bonchev–Trinajstić information content (AvgIpc) is 2.75. The van der Waals surface area contributed by atoms with Crippen LogP contribution in [0.3, 0.4) is 0 Å². The fourth-order valence-corrected chi connectivity index (χ4v) is 2.06. The molecule has 1 aromatic rings. The van der Waals surface area contributed by atoms with Gasteiger partial charge in [0.1, 0.15) is 12.4 Å². The number of hydrogen-bond acceptors (Lipinski definition) is 5. The minimum Gasteiger partial charge on any atom is -0.481 e. The SMILES string of the molecule is O=Cc1ccc(OC2CCCC2O)c([N+](=O)[O-])c1. The first-order valence-corrected chi connectivity index (χ1v) is 5.70. The van der Waals surface area contributed by atoms with E-state index in [1.165, 1.54) is 18.2 Å². The molecule has 0 radical (unpaired) electrons. The minimum absolute atomic E-state index is 0.0940. The number of nitro groups is 1. The summed E-state index contributed by atoms with van der Waals surface area (Å²) < 4.78 is 5.47. The minimum atomic E-state index is -0.594. The molecule has 2 atom stereocenters. The Morgan fingerprint density at radius 3 is 2.78 bits per heavy atom. The van der Waals surface area contributed by atoms with E-state index in [9.17, 15) is 20.0 Å². The molecule has 1 fully saturated rings. The van der Waals surface area contributed by atoms with Gasteiger partial charge in [0.05, 0.1) is 11.0 Å². The lowest BCUT2D eigenvalue weighted by atomic mass is 10.2. The lowest BCUT2D eigenvalue weighted by Crippen LogP contribution is -2.25. The van der Waals surface area contributed by atoms with Crippen LogP contribution in [0, 0.1) is 10.1 Å². The molecule has 0 aliphatic heterocycles. The van der Waals surface area contributed by atoms with Gasteiger partial charge in [-0.1, -0.05) is 0 Å². The predicted molar refractivity (Wildman–Crippen MR) is 62.8 cm³/mol. The molecule has 96 valence electrons. The number of rotatable bonds is 4. The molecule has 6 heteroatoms. The van der Waals surface area contributed by atoms with Crippen LogP contribution in [0.25, 0.3) is 0 Å². The third-order valence-electron chi connectivity index (χ3n) is 3.01. The second kappa shape index (κ2) is 5.14. The Morgan fingerprint density at radius 1 is 1.44 bits per heavy atom. The summed E-state index contributed by atoms with van der Waals surface area (Å²) in [5.74, 6) is 0.0940. The zero-order valence-electron chi connectivity index (χ0n) is 9.61. The van der Waals surface area contributed by atoms with Gasteiger partial charge in [0.15, 0.2) is 5.75 Å². The van der Waals surface area contributed by atoms with Crippen LogP contribution in [-0.2, 0) is 0 Å². The molecule has 1 aliphatic rings. The Labute approximate surface area is 103 Å². The lowest BCUT2D eigenvalue weighted by molar-refractivity contribution is -0.386. The molecule has 0 aromatic heterocycles. The van der Waals surface area contributed by atoms with E-state index in [1.54, 1.807) is 0 Å². The van der Waals surface area contributed by atoms with Gasteiger partial charge in [-0.2, -0.15) is 0 Å². The van der Waals surface area contributed by atoms with Gasteiger partial charge < -0.3 is 9.84 Å². The van der Waals surface area contributed by atoms with Gasteiger partial charge in [-0.15, -0.1) is 0 Å². The quantitative estimate of drug-likeness (QED) is 0.499. The van der Waals surface area contributed by atoms with E-state index in [4.69, 9.17) is 4.74 Å². The van der Waals surface area contributed by atoms with Crippen LogP contribution in [0.1, 0.15) is 29.6 Å². The maximum absolute atomic E-state index is 10.9. The topological polar surface area (TPSA) is 89.7 Å². The third kappa shape index (κ3) is 2.48. The molecular weight excluding hydrogens is 238 g/mol. The maximum atomic E-state index is 10.9. The van der Waals surface area contributed by atoms with Crippen LogP contribution in [-0.4, -0.2) is 28.5 Å². The second-order valence-electron chi connectivity index (χ2n) is 4.26. The number of ether oxygens (including phenoxy) is 1. The predicted octanol–water partition coefficient (Wildman–Crippen LogP) is 1.70. The summed E-state index contributed by atoms with van der Waals surface area (Å²) in [4.78, 5) is 20.9. The van der Waals surface area contributed by atoms with Gasteiger partial charge in [-0.05, 0) is 31.4 Å². The van der Waals surface area contributed by atoms with Crippen molar-refractivity contribution in [2.75, 3.05) is 0 Å². The molecule has 1 saturated carbocycles. The van der Waals surface area contributed by atoms with Crippen molar-refractivity contribution in [2.45, 2.75) is 31.5 Å². The van der Waals surface area contributed by atoms with Crippen LogP contribution in [0.5, 0.6) is 5.75 Å². The summed E-state index contributed by atoms with van der Waals surface area (Å²) in [6.45, 7) is 0. The van der Waals surface area contributed by atoms with Crippen molar-refractivity contribution in [3.8, 4) is 5.75 Å². The van der Waals surface area contributed by atoms with Crippen LogP contribution in [0.15, 0.2) is 18.2 Å². The first-order chi connectivity index (χ1) is 8.61. The number of carbonyl (C=O) groups excluding carboxylic acids is 1. The second-order valence-corrected chi connectivity index (χ2v) is 4.26. The van der Waals surface area contributed by atoms with E-state index in [0.29, 0.717) is 19.1 Å². The van der Waals surface area contributed by atoms with E-state index in [2.05, 4.69) is 0 Å². The lowest BCUT2D eigenvalue weighted by Gasteiger charge is -2.16. The molecule has 0 amide bonds. The van der Waals surface area contributed by atoms with Crippen LogP contribution in [0.2, 0.25) is 0 Å². The summed E-state index contributed by atoms with van der Waals surface area (Å²) in [7, 11) is 0. The Hall–Kier alpha value is -1.95. The molecule has 1 N–H and O–H groups in total. The zero-order valence-corrected chi connectivity index (χ0v) is 9.61. The van der Waals surface area contributed by atoms with Gasteiger partial charge in [0.25, 0.3) is 0 Å². The molecular formula is C12H13NO5. The van der Waals surface area contributed by atoms with E-state index >= 15 is 0 Å². The van der Waals surface area contributed by atoms with Crippen LogP contribution in [0.4, 0.5) is 5.69 Å². The molecule has 0 heterocycles. The molecule has 2 unspecified atom stereocenters. The van der Waals surface area contributed by atoms with E-state index < -0.39 is 17.1 Å². The smallest absolute Gasteiger partial charge is 0.311 e. The number of aliphatic hydroxyl groups excluding tert-OH is 1. The summed E-state index contributed by atoms with van der Waals surface area (Å²) in [6.07, 6.45) is 1.70. The highest BCUT2D eigenvalue weighted by Gasteiger charge is 2.29. The highest BCUT2D eigenvalue weighted by Crippen LogP contribution is 2.32. The molecule has 0 saturated heterocycles. The third-order valence-corrected chi connectivity index (χ3v) is 3.01. The number of aliphatic hydroxyl groups is 1. The molecule has 1 aromatic carbocycles. The monoisotopic (exact) mass is 251 g/mol. The first-order valence-electron chi connectivity index (χ1n) is 5.70. The Morgan fingerprint density at radius 2 is 2.22 bits per heavy atom. The van der Waals surface area contributed by atoms with Gasteiger partial charge in [-0.25, -0.2) is 0 Å². The van der Waals surface area contributed by atoms with Crippen molar-refractivity contribution < 1.29 is 19.6 Å². The Bertz CT molecular complexity index is 474. The number of benzene rings is 1. The number of nitrogens with zero attached hydrogens (tertiary/aromatic N) is 1. The number of nitro benzene ring substituents is 1. The Balaban J connectivity index is 2.26. The summed E-state index contributed by atoms with van der Waals surface area (Å²) in [5.41, 5.74) is -0.0280. The van der Waals surface area contributed by atoms with Gasteiger partial charge in [-0.3, -0.25) is 14.9 Å². The van der Waals surface area contributed by atoms with Crippen LogP contribution >= 0.6 is 0 Å². The molecule has 0 spiro atoms. The molecule has 18 heavy (non-hydrogen) atoms. The van der Waals surface area contributed by atoms with Crippen molar-refractivity contribution in [2.24, 2.45) is 0 Å². The van der Waals surface area contributed by atoms with E-state index in [1.807, 2.05) is 0 Å². The molecule has 1 aliphatic carbocycles. The van der Waals surface area contributed by atoms with Crippen molar-refractivity contribution in [1.29, 1.82) is 0 Å². The highest BCUT2D eigenvalue weighted by atomic mass is 16.6. The summed E-state index contributed by atoms with van der Waals surface area (Å²) in [6, 6.07) is 4.02. The van der Waals surface area contributed by atoms with Crippen molar-refractivity contribution in [1.82, 2.24) is 0 Å². The zero-order chi connectivity index (χ0) is 13.1. The summed E-state index contributed by atoms with van der Waals surface area (Å²) in [5, 5.41) is 20.5. The average molecular weight is 251 g/mol. The van der Waals surface area contributed by atoms with E-state index in [0.717, 1.165) is 6.42 Å². The number of carbonyl (C=O) groups is 1. The Kier molecular flexibility index (Phi) is 3.57. The molecule has 2 rings (SSSR count). The number of hydrogen-bond donors (Lipinski definition) is 1. The fourth-order valence-electron chi connectivity index (χ4n) is 2.06. The van der Waals surface area contributed by atoms with Gasteiger partial charge in [0, 0.05) is 11.6 Å². The first kappa shape index (κ1) is 12.5. The van der Waals surface area contributed by atoms with Gasteiger partial charge in [0.2, 0.25) is 0 Å². The molecule has 6 nitrogen and oxygen atoms in total. The standard InChI is InChI=1S/C12H13NO5/c14-7-8-4-5-11(9(6-8)13(16)17)18-12-3-1-2-10(12)15/h4-7,10,12,15H,1-3H2. The maximum Gasteiger partial charge on any atom is 0.311 e. The van der Waals surface area contributed by atoms with E-state index in [-0.39, 0.29) is 17.0 Å².